The topological polar surface area (TPSA) is 57.6 Å². The highest BCUT2D eigenvalue weighted by atomic mass is 35.5. The van der Waals surface area contributed by atoms with Gasteiger partial charge in [0, 0.05) is 25.1 Å². The molecule has 0 saturated carbocycles. The maximum atomic E-state index is 11.3. The molecule has 0 aliphatic carbocycles. The predicted octanol–water partition coefficient (Wildman–Crippen LogP) is 2.42. The molecule has 1 rings (SSSR count). The van der Waals surface area contributed by atoms with Gasteiger partial charge in [0.25, 0.3) is 0 Å². The molecule has 0 atom stereocenters. The van der Waals surface area contributed by atoms with Crippen molar-refractivity contribution in [2.45, 2.75) is 6.92 Å². The summed E-state index contributed by atoms with van der Waals surface area (Å²) in [5.41, 5.74) is 1.19. The van der Waals surface area contributed by atoms with Gasteiger partial charge in [0.15, 0.2) is 0 Å². The van der Waals surface area contributed by atoms with Crippen LogP contribution in [-0.4, -0.2) is 24.0 Å². The standard InChI is InChI=1S/C12H12ClNO3/c1-8(15)14(2)11-5-4-10(13)7-9(11)3-6-12(16)17/h3-7H,1-2H3,(H,16,17). The van der Waals surface area contributed by atoms with E-state index in [0.29, 0.717) is 16.3 Å². The number of carboxylic acids is 1. The number of hydrogen-bond acceptors (Lipinski definition) is 2. The van der Waals surface area contributed by atoms with Crippen molar-refractivity contribution in [1.29, 1.82) is 0 Å². The molecule has 90 valence electrons. The minimum absolute atomic E-state index is 0.141. The summed E-state index contributed by atoms with van der Waals surface area (Å²) in [6, 6.07) is 4.93. The summed E-state index contributed by atoms with van der Waals surface area (Å²) in [7, 11) is 1.61. The van der Waals surface area contributed by atoms with Crippen LogP contribution < -0.4 is 4.90 Å². The Balaban J connectivity index is 3.21. The Morgan fingerprint density at radius 2 is 2.06 bits per heavy atom. The summed E-state index contributed by atoms with van der Waals surface area (Å²) < 4.78 is 0. The van der Waals surface area contributed by atoms with Gasteiger partial charge in [-0.15, -0.1) is 0 Å². The second-order valence-corrected chi connectivity index (χ2v) is 3.89. The zero-order valence-corrected chi connectivity index (χ0v) is 10.2. The minimum Gasteiger partial charge on any atom is -0.478 e. The van der Waals surface area contributed by atoms with Crippen LogP contribution in [0.4, 0.5) is 5.69 Å². The van der Waals surface area contributed by atoms with Crippen LogP contribution in [0.1, 0.15) is 12.5 Å². The molecule has 0 aromatic heterocycles. The minimum atomic E-state index is -1.05. The van der Waals surface area contributed by atoms with Crippen molar-refractivity contribution in [2.24, 2.45) is 0 Å². The van der Waals surface area contributed by atoms with Gasteiger partial charge in [-0.1, -0.05) is 11.6 Å². The first-order valence-electron chi connectivity index (χ1n) is 4.86. The Labute approximate surface area is 104 Å². The smallest absolute Gasteiger partial charge is 0.328 e. The van der Waals surface area contributed by atoms with E-state index in [1.807, 2.05) is 0 Å². The zero-order valence-electron chi connectivity index (χ0n) is 9.48. The number of carbonyl (C=O) groups is 2. The van der Waals surface area contributed by atoms with E-state index in [-0.39, 0.29) is 5.91 Å². The summed E-state index contributed by atoms with van der Waals surface area (Å²) >= 11 is 5.83. The average molecular weight is 254 g/mol. The summed E-state index contributed by atoms with van der Waals surface area (Å²) in [5, 5.41) is 9.06. The fourth-order valence-corrected chi connectivity index (χ4v) is 1.48. The highest BCUT2D eigenvalue weighted by molar-refractivity contribution is 6.30. The molecule has 0 saturated heterocycles. The highest BCUT2D eigenvalue weighted by Crippen LogP contribution is 2.24. The number of hydrogen-bond donors (Lipinski definition) is 1. The van der Waals surface area contributed by atoms with Gasteiger partial charge in [0.1, 0.15) is 0 Å². The van der Waals surface area contributed by atoms with E-state index in [1.54, 1.807) is 25.2 Å². The normalized spacial score (nSPS) is 10.5. The Kier molecular flexibility index (Phi) is 4.29. The van der Waals surface area contributed by atoms with Crippen molar-refractivity contribution < 1.29 is 14.7 Å². The van der Waals surface area contributed by atoms with E-state index in [1.165, 1.54) is 17.9 Å². The molecule has 1 aromatic rings. The molecule has 0 aliphatic rings. The Bertz CT molecular complexity index is 483. The van der Waals surface area contributed by atoms with Crippen LogP contribution in [0.5, 0.6) is 0 Å². The molecule has 4 nitrogen and oxygen atoms in total. The van der Waals surface area contributed by atoms with Crippen LogP contribution in [0, 0.1) is 0 Å². The molecule has 17 heavy (non-hydrogen) atoms. The summed E-state index contributed by atoms with van der Waals surface area (Å²) in [6.07, 6.45) is 2.41. The Morgan fingerprint density at radius 3 is 2.59 bits per heavy atom. The number of rotatable bonds is 3. The third kappa shape index (κ3) is 3.60. The van der Waals surface area contributed by atoms with Gasteiger partial charge in [0.05, 0.1) is 5.69 Å². The van der Waals surface area contributed by atoms with Gasteiger partial charge in [-0.05, 0) is 29.8 Å². The van der Waals surface area contributed by atoms with Crippen LogP contribution in [0.25, 0.3) is 6.08 Å². The lowest BCUT2D eigenvalue weighted by molar-refractivity contribution is -0.131. The van der Waals surface area contributed by atoms with E-state index >= 15 is 0 Å². The number of anilines is 1. The molecule has 0 fully saturated rings. The van der Waals surface area contributed by atoms with E-state index in [4.69, 9.17) is 16.7 Å². The third-order valence-electron chi connectivity index (χ3n) is 2.23. The van der Waals surface area contributed by atoms with Crippen molar-refractivity contribution in [1.82, 2.24) is 0 Å². The van der Waals surface area contributed by atoms with Crippen molar-refractivity contribution in [3.63, 3.8) is 0 Å². The van der Waals surface area contributed by atoms with Gasteiger partial charge >= 0.3 is 5.97 Å². The maximum Gasteiger partial charge on any atom is 0.328 e. The molecule has 0 bridgehead atoms. The predicted molar refractivity (Wildman–Crippen MR) is 67.2 cm³/mol. The van der Waals surface area contributed by atoms with Crippen LogP contribution in [-0.2, 0) is 9.59 Å². The number of aliphatic carboxylic acids is 1. The van der Waals surface area contributed by atoms with Crippen LogP contribution in [0.2, 0.25) is 5.02 Å². The first-order valence-corrected chi connectivity index (χ1v) is 5.24. The van der Waals surface area contributed by atoms with Crippen molar-refractivity contribution in [3.05, 3.63) is 34.9 Å². The number of carbonyl (C=O) groups excluding carboxylic acids is 1. The van der Waals surface area contributed by atoms with E-state index in [9.17, 15) is 9.59 Å². The first kappa shape index (κ1) is 13.3. The monoisotopic (exact) mass is 253 g/mol. The Morgan fingerprint density at radius 1 is 1.41 bits per heavy atom. The van der Waals surface area contributed by atoms with Crippen molar-refractivity contribution in [3.8, 4) is 0 Å². The lowest BCUT2D eigenvalue weighted by Crippen LogP contribution is -2.23. The SMILES string of the molecule is CC(=O)N(C)c1ccc(Cl)cc1C=CC(=O)O. The highest BCUT2D eigenvalue weighted by Gasteiger charge is 2.09. The summed E-state index contributed by atoms with van der Waals surface area (Å²) in [6.45, 7) is 1.43. The fraction of sp³-hybridized carbons (Fsp3) is 0.167. The number of carboxylic acid groups (broad SMARTS) is 1. The molecule has 0 heterocycles. The molecule has 0 aliphatic heterocycles. The first-order chi connectivity index (χ1) is 7.91. The van der Waals surface area contributed by atoms with Gasteiger partial charge in [0.2, 0.25) is 5.91 Å². The molecular weight excluding hydrogens is 242 g/mol. The van der Waals surface area contributed by atoms with E-state index < -0.39 is 5.97 Å². The lowest BCUT2D eigenvalue weighted by Gasteiger charge is -2.17. The van der Waals surface area contributed by atoms with Crippen LogP contribution in [0.15, 0.2) is 24.3 Å². The van der Waals surface area contributed by atoms with Crippen molar-refractivity contribution in [2.75, 3.05) is 11.9 Å². The molecule has 0 unspecified atom stereocenters. The number of nitrogens with zero attached hydrogens (tertiary/aromatic N) is 1. The second-order valence-electron chi connectivity index (χ2n) is 3.45. The fourth-order valence-electron chi connectivity index (χ4n) is 1.30. The van der Waals surface area contributed by atoms with Gasteiger partial charge < -0.3 is 10.0 Å². The van der Waals surface area contributed by atoms with E-state index in [2.05, 4.69) is 0 Å². The van der Waals surface area contributed by atoms with Crippen molar-refractivity contribution >= 4 is 35.2 Å². The summed E-state index contributed by atoms with van der Waals surface area (Å²) in [5.74, 6) is -1.20. The largest absolute Gasteiger partial charge is 0.478 e. The number of benzene rings is 1. The molecule has 1 N–H and O–H groups in total. The van der Waals surface area contributed by atoms with Crippen LogP contribution in [0.3, 0.4) is 0 Å². The molecular formula is C12H12ClNO3. The van der Waals surface area contributed by atoms with Gasteiger partial charge in [-0.25, -0.2) is 4.79 Å². The third-order valence-corrected chi connectivity index (χ3v) is 2.46. The van der Waals surface area contributed by atoms with Gasteiger partial charge in [-0.3, -0.25) is 4.79 Å². The lowest BCUT2D eigenvalue weighted by atomic mass is 10.1. The Hall–Kier alpha value is -1.81. The number of halogens is 1. The number of amides is 1. The maximum absolute atomic E-state index is 11.3. The van der Waals surface area contributed by atoms with Gasteiger partial charge in [-0.2, -0.15) is 0 Å². The molecule has 0 radical (unpaired) electrons. The second kappa shape index (κ2) is 5.50. The van der Waals surface area contributed by atoms with Crippen LogP contribution >= 0.6 is 11.6 Å². The quantitative estimate of drug-likeness (QED) is 0.842. The molecule has 0 spiro atoms. The average Bonchev–Trinajstić information content (AvgIpc) is 2.25. The molecule has 1 aromatic carbocycles. The molecule has 5 heteroatoms. The zero-order chi connectivity index (χ0) is 13.0. The molecule has 1 amide bonds. The summed E-state index contributed by atoms with van der Waals surface area (Å²) in [4.78, 5) is 23.2. The van der Waals surface area contributed by atoms with E-state index in [0.717, 1.165) is 6.08 Å².